The first-order chi connectivity index (χ1) is 10.6. The fraction of sp³-hybridized carbons (Fsp3) is 0.857. The second-order valence-electron chi connectivity index (χ2n) is 6.75. The van der Waals surface area contributed by atoms with Gasteiger partial charge >= 0.3 is 5.97 Å². The quantitative estimate of drug-likeness (QED) is 0.334. The van der Waals surface area contributed by atoms with E-state index in [1.165, 1.54) is 0 Å². The molecule has 0 spiro atoms. The first kappa shape index (κ1) is 16.6. The van der Waals surface area contributed by atoms with E-state index < -0.39 is 48.2 Å². The monoisotopic (exact) mass is 331 g/mol. The molecule has 1 N–H and O–H groups in total. The fourth-order valence-corrected chi connectivity index (χ4v) is 3.19. The van der Waals surface area contributed by atoms with Gasteiger partial charge in [-0.2, -0.15) is 4.74 Å². The average molecular weight is 331 g/mol. The maximum absolute atomic E-state index is 12.3. The standard InChI is InChI=1S/C14H21NO8/c1-13(2)19-6-7(21-13)10-9(15(18)5-8(16)17)11-12(20-10)23-14(3,4)22-11/h5,7,9-12H,6H2,1-4H3,(H,16,17)/b15-5-/t7-,9-,10-,11-,12-/m1/s1. The van der Waals surface area contributed by atoms with E-state index in [1.807, 2.05) is 0 Å². The van der Waals surface area contributed by atoms with Gasteiger partial charge in [0.15, 0.2) is 30.1 Å². The molecule has 0 bridgehead atoms. The van der Waals surface area contributed by atoms with Gasteiger partial charge in [-0.05, 0) is 27.7 Å². The summed E-state index contributed by atoms with van der Waals surface area (Å²) in [4.78, 5) is 10.9. The van der Waals surface area contributed by atoms with Crippen molar-refractivity contribution in [1.29, 1.82) is 0 Å². The smallest absolute Gasteiger partial charge is 0.394 e. The second-order valence-corrected chi connectivity index (χ2v) is 6.75. The molecule has 3 aliphatic rings. The van der Waals surface area contributed by atoms with Gasteiger partial charge in [0.1, 0.15) is 6.10 Å². The van der Waals surface area contributed by atoms with Crippen LogP contribution in [0.25, 0.3) is 0 Å². The number of aliphatic carboxylic acids is 1. The number of ether oxygens (including phenoxy) is 5. The molecule has 0 aromatic heterocycles. The summed E-state index contributed by atoms with van der Waals surface area (Å²) in [5.74, 6) is -3.04. The van der Waals surface area contributed by atoms with Crippen LogP contribution in [0.5, 0.6) is 0 Å². The molecule has 0 aromatic carbocycles. The van der Waals surface area contributed by atoms with Crippen molar-refractivity contribution in [2.75, 3.05) is 6.61 Å². The maximum Gasteiger partial charge on any atom is 0.394 e. The summed E-state index contributed by atoms with van der Waals surface area (Å²) >= 11 is 0. The van der Waals surface area contributed by atoms with Crippen LogP contribution in [0.3, 0.4) is 0 Å². The molecule has 0 amide bonds. The van der Waals surface area contributed by atoms with Gasteiger partial charge in [0.25, 0.3) is 6.21 Å². The summed E-state index contributed by atoms with van der Waals surface area (Å²) < 4.78 is 28.8. The molecule has 0 aromatic rings. The van der Waals surface area contributed by atoms with Crippen LogP contribution in [0.2, 0.25) is 0 Å². The van der Waals surface area contributed by atoms with Crippen LogP contribution in [0.15, 0.2) is 0 Å². The molecule has 9 nitrogen and oxygen atoms in total. The second kappa shape index (κ2) is 5.38. The first-order valence-corrected chi connectivity index (χ1v) is 7.44. The highest BCUT2D eigenvalue weighted by Crippen LogP contribution is 2.41. The van der Waals surface area contributed by atoms with Crippen LogP contribution in [0.4, 0.5) is 0 Å². The van der Waals surface area contributed by atoms with Gasteiger partial charge in [0.2, 0.25) is 6.04 Å². The summed E-state index contributed by atoms with van der Waals surface area (Å²) in [6.07, 6.45) is -2.16. The van der Waals surface area contributed by atoms with Crippen LogP contribution in [-0.4, -0.2) is 70.9 Å². The SMILES string of the molecule is CC1(C)O[C@H]2O[C@H]([C@H]3COC(C)(C)O3)[C@@H](/[N+]([O-])=C/C(=O)O)[C@H]2O1. The lowest BCUT2D eigenvalue weighted by molar-refractivity contribution is -0.516. The van der Waals surface area contributed by atoms with Crippen molar-refractivity contribution in [3.8, 4) is 0 Å². The predicted octanol–water partition coefficient (Wildman–Crippen LogP) is 0.0486. The molecule has 23 heavy (non-hydrogen) atoms. The number of nitrogens with zero attached hydrogens (tertiary/aromatic N) is 1. The Morgan fingerprint density at radius 2 is 1.87 bits per heavy atom. The zero-order valence-corrected chi connectivity index (χ0v) is 13.4. The Morgan fingerprint density at radius 3 is 2.43 bits per heavy atom. The largest absolute Gasteiger partial charge is 0.623 e. The van der Waals surface area contributed by atoms with Crippen LogP contribution in [0, 0.1) is 5.21 Å². The van der Waals surface area contributed by atoms with E-state index >= 15 is 0 Å². The van der Waals surface area contributed by atoms with E-state index in [-0.39, 0.29) is 6.61 Å². The highest BCUT2D eigenvalue weighted by molar-refractivity contribution is 6.19. The molecular weight excluding hydrogens is 310 g/mol. The summed E-state index contributed by atoms with van der Waals surface area (Å²) in [5.41, 5.74) is 0. The minimum atomic E-state index is -1.34. The van der Waals surface area contributed by atoms with Crippen molar-refractivity contribution in [3.63, 3.8) is 0 Å². The molecule has 3 heterocycles. The number of carboxylic acid groups (broad SMARTS) is 1. The van der Waals surface area contributed by atoms with Gasteiger partial charge < -0.3 is 34.0 Å². The Kier molecular flexibility index (Phi) is 3.88. The van der Waals surface area contributed by atoms with Crippen LogP contribution < -0.4 is 0 Å². The molecular formula is C14H21NO8. The summed E-state index contributed by atoms with van der Waals surface area (Å²) in [6, 6.07) is -0.902. The molecule has 3 fully saturated rings. The fourth-order valence-electron chi connectivity index (χ4n) is 3.19. The van der Waals surface area contributed by atoms with Crippen LogP contribution in [-0.2, 0) is 28.5 Å². The van der Waals surface area contributed by atoms with Crippen molar-refractivity contribution in [2.24, 2.45) is 0 Å². The molecule has 130 valence electrons. The average Bonchev–Trinajstić information content (AvgIpc) is 2.96. The summed E-state index contributed by atoms with van der Waals surface area (Å²) in [7, 11) is 0. The van der Waals surface area contributed by atoms with Crippen molar-refractivity contribution in [1.82, 2.24) is 0 Å². The van der Waals surface area contributed by atoms with E-state index in [0.717, 1.165) is 0 Å². The third-order valence-electron chi connectivity index (χ3n) is 3.98. The number of carboxylic acids is 1. The molecule has 0 saturated carbocycles. The van der Waals surface area contributed by atoms with Crippen LogP contribution >= 0.6 is 0 Å². The molecule has 3 rings (SSSR count). The zero-order valence-electron chi connectivity index (χ0n) is 13.4. The third kappa shape index (κ3) is 3.20. The molecule has 5 atom stereocenters. The zero-order chi connectivity index (χ0) is 17.0. The van der Waals surface area contributed by atoms with E-state index in [4.69, 9.17) is 28.8 Å². The van der Waals surface area contributed by atoms with E-state index in [9.17, 15) is 10.0 Å². The Balaban J connectivity index is 1.86. The van der Waals surface area contributed by atoms with Gasteiger partial charge in [-0.15, -0.1) is 0 Å². The molecule has 3 aliphatic heterocycles. The van der Waals surface area contributed by atoms with Gasteiger partial charge in [0.05, 0.1) is 6.61 Å². The minimum Gasteiger partial charge on any atom is -0.623 e. The lowest BCUT2D eigenvalue weighted by atomic mass is 10.0. The number of hydroxylamine groups is 1. The van der Waals surface area contributed by atoms with Gasteiger partial charge in [-0.3, -0.25) is 0 Å². The summed E-state index contributed by atoms with van der Waals surface area (Å²) in [6.45, 7) is 7.15. The van der Waals surface area contributed by atoms with Crippen LogP contribution in [0.1, 0.15) is 27.7 Å². The molecule has 0 aliphatic carbocycles. The Bertz CT molecular complexity index is 531. The van der Waals surface area contributed by atoms with E-state index in [1.54, 1.807) is 27.7 Å². The Morgan fingerprint density at radius 1 is 1.17 bits per heavy atom. The molecule has 0 radical (unpaired) electrons. The molecule has 3 saturated heterocycles. The lowest BCUT2D eigenvalue weighted by Crippen LogP contribution is -2.48. The number of hydrogen-bond donors (Lipinski definition) is 1. The van der Waals surface area contributed by atoms with Crippen molar-refractivity contribution >= 4 is 12.2 Å². The number of hydrogen-bond acceptors (Lipinski definition) is 7. The van der Waals surface area contributed by atoms with E-state index in [2.05, 4.69) is 0 Å². The Hall–Kier alpha value is -1.26. The maximum atomic E-state index is 12.3. The highest BCUT2D eigenvalue weighted by Gasteiger charge is 2.62. The van der Waals surface area contributed by atoms with Gasteiger partial charge in [-0.1, -0.05) is 0 Å². The van der Waals surface area contributed by atoms with Gasteiger partial charge in [-0.25, -0.2) is 4.79 Å². The Labute approximate surface area is 133 Å². The van der Waals surface area contributed by atoms with Crippen molar-refractivity contribution in [3.05, 3.63) is 5.21 Å². The van der Waals surface area contributed by atoms with Gasteiger partial charge in [0, 0.05) is 0 Å². The number of fused-ring (bicyclic) bond motifs is 1. The summed E-state index contributed by atoms with van der Waals surface area (Å²) in [5, 5.41) is 21.2. The number of rotatable bonds is 3. The topological polar surface area (TPSA) is 110 Å². The lowest BCUT2D eigenvalue weighted by Gasteiger charge is -2.27. The predicted molar refractivity (Wildman–Crippen MR) is 74.7 cm³/mol. The highest BCUT2D eigenvalue weighted by atomic mass is 16.8. The molecule has 9 heteroatoms. The van der Waals surface area contributed by atoms with Crippen molar-refractivity contribution < 1.29 is 38.3 Å². The van der Waals surface area contributed by atoms with Crippen molar-refractivity contribution in [2.45, 2.75) is 69.9 Å². The first-order valence-electron chi connectivity index (χ1n) is 7.44. The normalized spacial score (nSPS) is 41.9. The third-order valence-corrected chi connectivity index (χ3v) is 3.98. The minimum absolute atomic E-state index is 0.234. The van der Waals surface area contributed by atoms with E-state index in [0.29, 0.717) is 11.0 Å². The number of carbonyl (C=O) groups is 1. The molecule has 0 unspecified atom stereocenters.